The first-order valence-corrected chi connectivity index (χ1v) is 5.67. The van der Waals surface area contributed by atoms with Gasteiger partial charge in [0.2, 0.25) is 0 Å². The number of aromatic nitrogens is 1. The highest BCUT2D eigenvalue weighted by Gasteiger charge is 2.34. The Hall–Kier alpha value is -1.62. The Kier molecular flexibility index (Phi) is 3.49. The summed E-state index contributed by atoms with van der Waals surface area (Å²) < 4.78 is 51.9. The number of aryl methyl sites for hydroxylation is 1. The summed E-state index contributed by atoms with van der Waals surface area (Å²) in [5.41, 5.74) is -0.915. The molecule has 1 heterocycles. The lowest BCUT2D eigenvalue weighted by atomic mass is 10.0. The zero-order chi connectivity index (χ0) is 14.2. The maximum Gasteiger partial charge on any atom is 0.417 e. The van der Waals surface area contributed by atoms with Crippen molar-refractivity contribution in [2.75, 3.05) is 0 Å². The molecule has 0 saturated heterocycles. The molecule has 0 spiro atoms. The van der Waals surface area contributed by atoms with Crippen LogP contribution in [0.25, 0.3) is 11.3 Å². The summed E-state index contributed by atoms with van der Waals surface area (Å²) in [6.45, 7) is 1.39. The summed E-state index contributed by atoms with van der Waals surface area (Å²) in [5, 5.41) is -0.0186. The van der Waals surface area contributed by atoms with Crippen LogP contribution in [0.2, 0.25) is 5.02 Å². The molecule has 0 aliphatic rings. The second-order valence-corrected chi connectivity index (χ2v) is 4.39. The van der Waals surface area contributed by atoms with E-state index in [0.29, 0.717) is 0 Å². The van der Waals surface area contributed by atoms with Gasteiger partial charge in [0, 0.05) is 10.6 Å². The normalized spacial score (nSPS) is 11.7. The van der Waals surface area contributed by atoms with Gasteiger partial charge in [0.15, 0.2) is 0 Å². The first-order chi connectivity index (χ1) is 8.79. The van der Waals surface area contributed by atoms with Crippen LogP contribution in [-0.2, 0) is 6.18 Å². The van der Waals surface area contributed by atoms with Crippen LogP contribution in [0.1, 0.15) is 11.3 Å². The molecule has 0 unspecified atom stereocenters. The summed E-state index contributed by atoms with van der Waals surface area (Å²) >= 11 is 5.59. The van der Waals surface area contributed by atoms with Gasteiger partial charge in [-0.15, -0.1) is 0 Å². The van der Waals surface area contributed by atoms with Crippen molar-refractivity contribution in [1.29, 1.82) is 0 Å². The van der Waals surface area contributed by atoms with Crippen LogP contribution in [0.3, 0.4) is 0 Å². The molecule has 100 valence electrons. The molecule has 0 fully saturated rings. The van der Waals surface area contributed by atoms with Crippen molar-refractivity contribution in [3.05, 3.63) is 52.4 Å². The minimum atomic E-state index is -4.55. The summed E-state index contributed by atoms with van der Waals surface area (Å²) in [4.78, 5) is 3.83. The van der Waals surface area contributed by atoms with E-state index in [2.05, 4.69) is 4.98 Å². The summed E-state index contributed by atoms with van der Waals surface area (Å²) in [6.07, 6.45) is -4.55. The number of alkyl halides is 3. The van der Waals surface area contributed by atoms with Crippen molar-refractivity contribution in [1.82, 2.24) is 4.98 Å². The molecule has 0 aliphatic heterocycles. The Labute approximate surface area is 111 Å². The number of hydrogen-bond donors (Lipinski definition) is 0. The average molecular weight is 290 g/mol. The van der Waals surface area contributed by atoms with E-state index in [1.165, 1.54) is 25.1 Å². The summed E-state index contributed by atoms with van der Waals surface area (Å²) in [7, 11) is 0. The number of benzene rings is 1. The van der Waals surface area contributed by atoms with Crippen molar-refractivity contribution in [2.45, 2.75) is 13.1 Å². The minimum absolute atomic E-state index is 0.0186. The van der Waals surface area contributed by atoms with Gasteiger partial charge in [-0.25, -0.2) is 4.39 Å². The summed E-state index contributed by atoms with van der Waals surface area (Å²) in [5.74, 6) is -0.564. The van der Waals surface area contributed by atoms with Gasteiger partial charge in [-0.1, -0.05) is 17.7 Å². The Morgan fingerprint density at radius 3 is 2.37 bits per heavy atom. The minimum Gasteiger partial charge on any atom is -0.250 e. The van der Waals surface area contributed by atoms with Crippen molar-refractivity contribution >= 4 is 11.6 Å². The average Bonchev–Trinajstić information content (AvgIpc) is 2.32. The first kappa shape index (κ1) is 13.8. The van der Waals surface area contributed by atoms with Crippen molar-refractivity contribution < 1.29 is 17.6 Å². The third-order valence-corrected chi connectivity index (χ3v) is 2.82. The lowest BCUT2D eigenvalue weighted by Gasteiger charge is -2.13. The largest absolute Gasteiger partial charge is 0.417 e. The molecule has 1 aromatic carbocycles. The molecule has 0 N–H and O–H groups in total. The van der Waals surface area contributed by atoms with Gasteiger partial charge < -0.3 is 0 Å². The van der Waals surface area contributed by atoms with E-state index in [-0.39, 0.29) is 22.0 Å². The first-order valence-electron chi connectivity index (χ1n) is 5.29. The molecule has 0 atom stereocenters. The molecule has 0 bridgehead atoms. The third-order valence-electron chi connectivity index (χ3n) is 2.58. The van der Waals surface area contributed by atoms with Crippen molar-refractivity contribution in [3.63, 3.8) is 0 Å². The van der Waals surface area contributed by atoms with E-state index in [0.717, 1.165) is 12.1 Å². The quantitative estimate of drug-likeness (QED) is 0.683. The van der Waals surface area contributed by atoms with E-state index in [1.54, 1.807) is 0 Å². The van der Waals surface area contributed by atoms with Gasteiger partial charge in [0.05, 0.1) is 17.0 Å². The molecule has 0 radical (unpaired) electrons. The lowest BCUT2D eigenvalue weighted by molar-refractivity contribution is -0.137. The highest BCUT2D eigenvalue weighted by Crippen LogP contribution is 2.38. The van der Waals surface area contributed by atoms with Crippen molar-refractivity contribution in [2.24, 2.45) is 0 Å². The van der Waals surface area contributed by atoms with E-state index in [9.17, 15) is 17.6 Å². The van der Waals surface area contributed by atoms with Gasteiger partial charge in [0.1, 0.15) is 5.82 Å². The molecule has 1 nitrogen and oxygen atoms in total. The maximum atomic E-state index is 13.1. The van der Waals surface area contributed by atoms with E-state index in [4.69, 9.17) is 11.6 Å². The van der Waals surface area contributed by atoms with Gasteiger partial charge >= 0.3 is 6.18 Å². The highest BCUT2D eigenvalue weighted by molar-refractivity contribution is 6.30. The van der Waals surface area contributed by atoms with Gasteiger partial charge in [-0.05, 0) is 31.2 Å². The van der Waals surface area contributed by atoms with E-state index in [1.807, 2.05) is 0 Å². The standard InChI is InChI=1S/C13H8ClF4N/c1-7-11(15)4-5-12(19-7)9-3-2-8(14)6-10(9)13(16,17)18/h2-6H,1H3. The van der Waals surface area contributed by atoms with Crippen LogP contribution in [0.5, 0.6) is 0 Å². The molecule has 2 rings (SSSR count). The Morgan fingerprint density at radius 2 is 1.79 bits per heavy atom. The molecule has 0 aliphatic carbocycles. The van der Waals surface area contributed by atoms with Gasteiger partial charge in [-0.3, -0.25) is 4.98 Å². The smallest absolute Gasteiger partial charge is 0.250 e. The fourth-order valence-electron chi connectivity index (χ4n) is 1.67. The molecule has 19 heavy (non-hydrogen) atoms. The lowest BCUT2D eigenvalue weighted by Crippen LogP contribution is -2.08. The molecule has 2 aromatic rings. The predicted molar refractivity (Wildman–Crippen MR) is 64.4 cm³/mol. The summed E-state index contributed by atoms with van der Waals surface area (Å²) in [6, 6.07) is 5.70. The van der Waals surface area contributed by atoms with Crippen LogP contribution >= 0.6 is 11.6 Å². The highest BCUT2D eigenvalue weighted by atomic mass is 35.5. The number of pyridine rings is 1. The Morgan fingerprint density at radius 1 is 1.11 bits per heavy atom. The third kappa shape index (κ3) is 2.87. The fourth-order valence-corrected chi connectivity index (χ4v) is 1.84. The Bertz CT molecular complexity index is 623. The molecule has 0 amide bonds. The second kappa shape index (κ2) is 4.81. The molecule has 1 aromatic heterocycles. The maximum absolute atomic E-state index is 13.1. The van der Waals surface area contributed by atoms with Crippen LogP contribution in [0.4, 0.5) is 17.6 Å². The van der Waals surface area contributed by atoms with Crippen LogP contribution < -0.4 is 0 Å². The molecular weight excluding hydrogens is 282 g/mol. The molecular formula is C13H8ClF4N. The van der Waals surface area contributed by atoms with E-state index < -0.39 is 17.6 Å². The van der Waals surface area contributed by atoms with E-state index >= 15 is 0 Å². The van der Waals surface area contributed by atoms with Crippen molar-refractivity contribution in [3.8, 4) is 11.3 Å². The van der Waals surface area contributed by atoms with Gasteiger partial charge in [0.25, 0.3) is 0 Å². The van der Waals surface area contributed by atoms with Gasteiger partial charge in [-0.2, -0.15) is 13.2 Å². The van der Waals surface area contributed by atoms with Crippen LogP contribution in [-0.4, -0.2) is 4.98 Å². The van der Waals surface area contributed by atoms with Crippen LogP contribution in [0.15, 0.2) is 30.3 Å². The number of rotatable bonds is 1. The zero-order valence-electron chi connectivity index (χ0n) is 9.72. The zero-order valence-corrected chi connectivity index (χ0v) is 10.5. The topological polar surface area (TPSA) is 12.9 Å². The number of hydrogen-bond acceptors (Lipinski definition) is 1. The monoisotopic (exact) mass is 289 g/mol. The molecule has 6 heteroatoms. The Balaban J connectivity index is 2.65. The fraction of sp³-hybridized carbons (Fsp3) is 0.154. The van der Waals surface area contributed by atoms with Crippen LogP contribution in [0, 0.1) is 12.7 Å². The second-order valence-electron chi connectivity index (χ2n) is 3.95. The number of halogens is 5. The molecule has 0 saturated carbocycles. The number of nitrogens with zero attached hydrogens (tertiary/aromatic N) is 1. The SMILES string of the molecule is Cc1nc(-c2ccc(Cl)cc2C(F)(F)F)ccc1F. The predicted octanol–water partition coefficient (Wildman–Crippen LogP) is 4.87.